The van der Waals surface area contributed by atoms with Gasteiger partial charge in [0.05, 0.1) is 16.9 Å². The fourth-order valence-electron chi connectivity index (χ4n) is 1.44. The molecule has 102 valence electrons. The zero-order chi connectivity index (χ0) is 14.4. The van der Waals surface area contributed by atoms with E-state index in [1.54, 1.807) is 18.2 Å². The lowest BCUT2D eigenvalue weighted by atomic mass is 10.2. The lowest BCUT2D eigenvalue weighted by Crippen LogP contribution is -1.88. The van der Waals surface area contributed by atoms with Crippen LogP contribution in [0.4, 0.5) is 0 Å². The second-order valence-electron chi connectivity index (χ2n) is 3.94. The second kappa shape index (κ2) is 6.68. The maximum absolute atomic E-state index is 9.49. The van der Waals surface area contributed by atoms with E-state index in [0.717, 1.165) is 0 Å². The second-order valence-corrected chi connectivity index (χ2v) is 4.37. The normalized spacial score (nSPS) is 11.3. The molecule has 2 aromatic heterocycles. The number of allylic oxidation sites excluding steroid dienone is 2. The van der Waals surface area contributed by atoms with Crippen molar-refractivity contribution in [1.29, 1.82) is 5.26 Å². The third-order valence-corrected chi connectivity index (χ3v) is 2.65. The third kappa shape index (κ3) is 3.80. The van der Waals surface area contributed by atoms with Crippen LogP contribution in [0.5, 0.6) is 0 Å². The van der Waals surface area contributed by atoms with E-state index in [9.17, 15) is 5.11 Å². The van der Waals surface area contributed by atoms with E-state index in [0.29, 0.717) is 35.3 Å². The number of nitrogens with zero attached hydrogens (tertiary/aromatic N) is 4. The summed E-state index contributed by atoms with van der Waals surface area (Å²) >= 11 is 5.74. The molecule has 0 fully saturated rings. The third-order valence-electron chi connectivity index (χ3n) is 2.43. The number of aliphatic hydroxyl groups excluding tert-OH is 1. The molecule has 1 N–H and O–H groups in total. The van der Waals surface area contributed by atoms with Crippen molar-refractivity contribution in [2.45, 2.75) is 19.3 Å². The zero-order valence-electron chi connectivity index (χ0n) is 10.5. The molecule has 0 atom stereocenters. The van der Waals surface area contributed by atoms with Gasteiger partial charge in [-0.05, 0) is 18.2 Å². The highest BCUT2D eigenvalue weighted by Crippen LogP contribution is 2.16. The quantitative estimate of drug-likeness (QED) is 0.850. The summed E-state index contributed by atoms with van der Waals surface area (Å²) in [7, 11) is 0. The van der Waals surface area contributed by atoms with Crippen LogP contribution < -0.4 is 0 Å². The van der Waals surface area contributed by atoms with E-state index in [2.05, 4.69) is 15.1 Å². The van der Waals surface area contributed by atoms with Crippen LogP contribution in [0.3, 0.4) is 0 Å². The molecule has 0 aliphatic rings. The Labute approximate surface area is 120 Å². The fourth-order valence-corrected chi connectivity index (χ4v) is 1.55. The monoisotopic (exact) mass is 290 g/mol. The van der Waals surface area contributed by atoms with Crippen molar-refractivity contribution >= 4 is 11.6 Å². The van der Waals surface area contributed by atoms with Gasteiger partial charge in [0.2, 0.25) is 0 Å². The van der Waals surface area contributed by atoms with E-state index >= 15 is 0 Å². The average Bonchev–Trinajstić information content (AvgIpc) is 2.92. The number of pyridine rings is 1. The first kappa shape index (κ1) is 14.0. The van der Waals surface area contributed by atoms with Crippen molar-refractivity contribution in [3.05, 3.63) is 41.0 Å². The van der Waals surface area contributed by atoms with E-state index in [1.807, 2.05) is 6.07 Å². The summed E-state index contributed by atoms with van der Waals surface area (Å²) < 4.78 is 5.07. The van der Waals surface area contributed by atoms with E-state index in [4.69, 9.17) is 21.4 Å². The summed E-state index contributed by atoms with van der Waals surface area (Å²) in [6.45, 7) is 0. The van der Waals surface area contributed by atoms with E-state index in [-0.39, 0.29) is 12.2 Å². The molecule has 0 aliphatic heterocycles. The average molecular weight is 291 g/mol. The number of aliphatic hydroxyl groups is 1. The first-order chi connectivity index (χ1) is 9.69. The van der Waals surface area contributed by atoms with Crippen LogP contribution in [0.1, 0.15) is 18.7 Å². The summed E-state index contributed by atoms with van der Waals surface area (Å²) in [6.07, 6.45) is 3.97. The Bertz CT molecular complexity index is 643. The minimum absolute atomic E-state index is 0.141. The molecular formula is C13H11ClN4O2. The Kier molecular flexibility index (Phi) is 4.69. The first-order valence-corrected chi connectivity index (χ1v) is 6.26. The van der Waals surface area contributed by atoms with E-state index < -0.39 is 0 Å². The molecule has 0 aliphatic carbocycles. The van der Waals surface area contributed by atoms with Crippen molar-refractivity contribution < 1.29 is 9.63 Å². The van der Waals surface area contributed by atoms with Gasteiger partial charge in [-0.25, -0.2) is 4.98 Å². The van der Waals surface area contributed by atoms with Crippen molar-refractivity contribution in [1.82, 2.24) is 15.1 Å². The van der Waals surface area contributed by atoms with Crippen molar-refractivity contribution in [2.24, 2.45) is 0 Å². The van der Waals surface area contributed by atoms with Crippen LogP contribution in [0.25, 0.3) is 11.6 Å². The van der Waals surface area contributed by atoms with Gasteiger partial charge >= 0.3 is 0 Å². The largest absolute Gasteiger partial charge is 0.513 e. The molecule has 0 amide bonds. The van der Waals surface area contributed by atoms with Crippen molar-refractivity contribution in [2.75, 3.05) is 0 Å². The molecule has 6 nitrogen and oxygen atoms in total. The molecule has 2 rings (SSSR count). The van der Waals surface area contributed by atoms with Gasteiger partial charge in [-0.1, -0.05) is 16.8 Å². The minimum Gasteiger partial charge on any atom is -0.513 e. The van der Waals surface area contributed by atoms with Gasteiger partial charge in [-0.2, -0.15) is 10.2 Å². The molecule has 0 spiro atoms. The molecule has 0 saturated carbocycles. The van der Waals surface area contributed by atoms with Crippen LogP contribution >= 0.6 is 11.6 Å². The predicted molar refractivity (Wildman–Crippen MR) is 71.8 cm³/mol. The molecular weight excluding hydrogens is 280 g/mol. The first-order valence-electron chi connectivity index (χ1n) is 5.88. The van der Waals surface area contributed by atoms with Gasteiger partial charge in [0.15, 0.2) is 5.82 Å². The summed E-state index contributed by atoms with van der Waals surface area (Å²) in [6, 6.07) is 5.32. The van der Waals surface area contributed by atoms with Gasteiger partial charge in [0, 0.05) is 25.5 Å². The van der Waals surface area contributed by atoms with Crippen molar-refractivity contribution in [3.8, 4) is 17.7 Å². The topological polar surface area (TPSA) is 95.8 Å². The van der Waals surface area contributed by atoms with Crippen LogP contribution in [0.2, 0.25) is 5.02 Å². The summed E-state index contributed by atoms with van der Waals surface area (Å²) in [5, 5.41) is 22.2. The van der Waals surface area contributed by atoms with Crippen LogP contribution in [-0.2, 0) is 6.42 Å². The Balaban J connectivity index is 2.02. The van der Waals surface area contributed by atoms with E-state index in [1.165, 1.54) is 6.20 Å². The summed E-state index contributed by atoms with van der Waals surface area (Å²) in [5.74, 6) is 0.865. The van der Waals surface area contributed by atoms with Crippen molar-refractivity contribution in [3.63, 3.8) is 0 Å². The molecule has 20 heavy (non-hydrogen) atoms. The highest BCUT2D eigenvalue weighted by molar-refractivity contribution is 6.30. The van der Waals surface area contributed by atoms with Crippen LogP contribution in [0.15, 0.2) is 34.7 Å². The lowest BCUT2D eigenvalue weighted by Gasteiger charge is -1.93. The van der Waals surface area contributed by atoms with Crippen LogP contribution in [0, 0.1) is 11.3 Å². The maximum Gasteiger partial charge on any atom is 0.276 e. The zero-order valence-corrected chi connectivity index (χ0v) is 11.2. The number of halogens is 1. The summed E-state index contributed by atoms with van der Waals surface area (Å²) in [5.41, 5.74) is 0.533. The van der Waals surface area contributed by atoms with Gasteiger partial charge in [0.1, 0.15) is 5.69 Å². The number of aromatic nitrogens is 3. The number of nitriles is 1. The molecule has 0 unspecified atom stereocenters. The fraction of sp³-hybridized carbons (Fsp3) is 0.231. The standard InChI is InChI=1S/C13H11ClN4O2/c14-9-3-5-11(16-8-9)13-17-12(18-20-13)6-4-10(19)2-1-7-15/h3-5,8,19H,1-2,6H2/b10-4+. The summed E-state index contributed by atoms with van der Waals surface area (Å²) in [4.78, 5) is 8.23. The number of hydrogen-bond acceptors (Lipinski definition) is 6. The SMILES string of the molecule is N#CCC/C(O)=C\Cc1noc(-c2ccc(Cl)cn2)n1. The number of rotatable bonds is 5. The Hall–Kier alpha value is -2.39. The molecule has 0 bridgehead atoms. The number of hydrogen-bond donors (Lipinski definition) is 1. The van der Waals surface area contributed by atoms with Gasteiger partial charge in [-0.15, -0.1) is 0 Å². The van der Waals surface area contributed by atoms with Gasteiger partial charge < -0.3 is 9.63 Å². The predicted octanol–water partition coefficient (Wildman–Crippen LogP) is 3.07. The minimum atomic E-state index is 0.141. The Morgan fingerprint density at radius 2 is 2.35 bits per heavy atom. The molecule has 0 aromatic carbocycles. The molecule has 2 aromatic rings. The Morgan fingerprint density at radius 3 is 3.05 bits per heavy atom. The molecule has 0 saturated heterocycles. The van der Waals surface area contributed by atoms with Crippen LogP contribution in [-0.4, -0.2) is 20.2 Å². The van der Waals surface area contributed by atoms with Gasteiger partial charge in [0.25, 0.3) is 5.89 Å². The maximum atomic E-state index is 9.49. The lowest BCUT2D eigenvalue weighted by molar-refractivity contribution is 0.386. The molecule has 7 heteroatoms. The molecule has 0 radical (unpaired) electrons. The van der Waals surface area contributed by atoms with Gasteiger partial charge in [-0.3, -0.25) is 0 Å². The smallest absolute Gasteiger partial charge is 0.276 e. The highest BCUT2D eigenvalue weighted by atomic mass is 35.5. The molecule has 2 heterocycles. The highest BCUT2D eigenvalue weighted by Gasteiger charge is 2.09. The Morgan fingerprint density at radius 1 is 1.50 bits per heavy atom.